The molecule has 0 aliphatic carbocycles. The van der Waals surface area contributed by atoms with Crippen LogP contribution in [0.3, 0.4) is 0 Å². The second-order valence-electron chi connectivity index (χ2n) is 2.94. The lowest BCUT2D eigenvalue weighted by atomic mass is 10.4. The van der Waals surface area contributed by atoms with Crippen molar-refractivity contribution in [2.75, 3.05) is 27.4 Å². The molecule has 0 aromatic heterocycles. The molecule has 0 aromatic carbocycles. The van der Waals surface area contributed by atoms with E-state index in [1.54, 1.807) is 4.90 Å². The van der Waals surface area contributed by atoms with Crippen molar-refractivity contribution in [3.8, 4) is 0 Å². The van der Waals surface area contributed by atoms with Gasteiger partial charge in [-0.3, -0.25) is 9.69 Å². The molecule has 4 heteroatoms. The first-order chi connectivity index (χ1) is 5.13. The predicted octanol–water partition coefficient (Wildman–Crippen LogP) is -0.290. The largest absolute Gasteiger partial charge is 0.351 e. The molecule has 1 fully saturated rings. The first-order valence-electron chi connectivity index (χ1n) is 3.66. The number of nitrogens with zero attached hydrogens (tertiary/aromatic N) is 2. The van der Waals surface area contributed by atoms with Crippen LogP contribution >= 0.6 is 0 Å². The average molecular weight is 158 g/mol. The van der Waals surface area contributed by atoms with Crippen molar-refractivity contribution in [1.29, 1.82) is 0 Å². The second kappa shape index (κ2) is 3.19. The maximum absolute atomic E-state index is 11.1. The summed E-state index contributed by atoms with van der Waals surface area (Å²) in [5.74, 6) is 0.0752. The number of hydrogen-bond acceptors (Lipinski definition) is 3. The number of hydrogen-bond donors (Lipinski definition) is 0. The molecule has 1 saturated heterocycles. The summed E-state index contributed by atoms with van der Waals surface area (Å²) in [7, 11) is 3.88. The summed E-state index contributed by atoms with van der Waals surface area (Å²) in [5.41, 5.74) is 0. The Bertz CT molecular complexity index is 159. The van der Waals surface area contributed by atoms with E-state index < -0.39 is 0 Å². The lowest BCUT2D eigenvalue weighted by molar-refractivity contribution is -0.130. The molecule has 1 amide bonds. The van der Waals surface area contributed by atoms with E-state index in [0.29, 0.717) is 6.73 Å². The first-order valence-corrected chi connectivity index (χ1v) is 3.66. The highest BCUT2D eigenvalue weighted by molar-refractivity contribution is 5.78. The van der Waals surface area contributed by atoms with Crippen molar-refractivity contribution in [1.82, 2.24) is 9.80 Å². The second-order valence-corrected chi connectivity index (χ2v) is 2.94. The van der Waals surface area contributed by atoms with E-state index in [-0.39, 0.29) is 18.7 Å². The number of carbonyl (C=O) groups excluding carboxylic acids is 1. The average Bonchev–Trinajstić information content (AvgIpc) is 2.33. The van der Waals surface area contributed by atoms with Crippen LogP contribution in [0, 0.1) is 0 Å². The van der Waals surface area contributed by atoms with Crippen LogP contribution in [0.5, 0.6) is 0 Å². The quantitative estimate of drug-likeness (QED) is 0.553. The minimum Gasteiger partial charge on any atom is -0.351 e. The maximum Gasteiger partial charge on any atom is 0.251 e. The summed E-state index contributed by atoms with van der Waals surface area (Å²) in [6.45, 7) is 2.64. The topological polar surface area (TPSA) is 32.8 Å². The van der Waals surface area contributed by atoms with Gasteiger partial charge in [0.1, 0.15) is 13.3 Å². The molecule has 0 N–H and O–H groups in total. The molecular formula is C7H14N2O2. The van der Waals surface area contributed by atoms with Crippen LogP contribution < -0.4 is 0 Å². The Hall–Kier alpha value is -0.610. The summed E-state index contributed by atoms with van der Waals surface area (Å²) in [4.78, 5) is 14.8. The smallest absolute Gasteiger partial charge is 0.251 e. The lowest BCUT2D eigenvalue weighted by Crippen LogP contribution is -2.43. The molecule has 1 rings (SSSR count). The fraction of sp³-hybridized carbons (Fsp3) is 0.857. The monoisotopic (exact) mass is 158 g/mol. The van der Waals surface area contributed by atoms with Crippen molar-refractivity contribution in [3.63, 3.8) is 0 Å². The van der Waals surface area contributed by atoms with Crippen LogP contribution in [0.4, 0.5) is 0 Å². The fourth-order valence-electron chi connectivity index (χ4n) is 0.981. The van der Waals surface area contributed by atoms with Crippen molar-refractivity contribution in [2.24, 2.45) is 0 Å². The highest BCUT2D eigenvalue weighted by atomic mass is 16.5. The zero-order valence-corrected chi connectivity index (χ0v) is 7.20. The Labute approximate surface area is 66.7 Å². The fourth-order valence-corrected chi connectivity index (χ4v) is 0.981. The third-order valence-corrected chi connectivity index (χ3v) is 1.97. The number of carbonyl (C=O) groups is 1. The SMILES string of the molecule is CC(N(C)C)N1COCC1=O. The van der Waals surface area contributed by atoms with E-state index in [1.807, 2.05) is 25.9 Å². The van der Waals surface area contributed by atoms with E-state index in [2.05, 4.69) is 0 Å². The molecule has 0 aromatic rings. The van der Waals surface area contributed by atoms with Crippen LogP contribution in [-0.4, -0.2) is 49.3 Å². The molecule has 1 atom stereocenters. The highest BCUT2D eigenvalue weighted by Gasteiger charge is 2.26. The van der Waals surface area contributed by atoms with Crippen molar-refractivity contribution >= 4 is 5.91 Å². The summed E-state index contributed by atoms with van der Waals surface area (Å²) in [6.07, 6.45) is 0.130. The standard InChI is InChI=1S/C7H14N2O2/c1-6(8(2)3)9-5-11-4-7(9)10/h6H,4-5H2,1-3H3. The van der Waals surface area contributed by atoms with Gasteiger partial charge in [0.15, 0.2) is 0 Å². The van der Waals surface area contributed by atoms with Crippen molar-refractivity contribution < 1.29 is 9.53 Å². The molecular weight excluding hydrogens is 144 g/mol. The third kappa shape index (κ3) is 1.70. The van der Waals surface area contributed by atoms with Gasteiger partial charge in [0.2, 0.25) is 0 Å². The minimum atomic E-state index is 0.0752. The van der Waals surface area contributed by atoms with E-state index in [9.17, 15) is 4.79 Å². The molecule has 1 aliphatic rings. The van der Waals surface area contributed by atoms with Gasteiger partial charge in [-0.2, -0.15) is 0 Å². The van der Waals surface area contributed by atoms with Gasteiger partial charge < -0.3 is 9.64 Å². The Kier molecular flexibility index (Phi) is 2.46. The van der Waals surface area contributed by atoms with E-state index in [0.717, 1.165) is 0 Å². The first kappa shape index (κ1) is 8.49. The molecule has 0 bridgehead atoms. The molecule has 1 aliphatic heterocycles. The van der Waals surface area contributed by atoms with E-state index in [1.165, 1.54) is 0 Å². The zero-order chi connectivity index (χ0) is 8.43. The predicted molar refractivity (Wildman–Crippen MR) is 40.8 cm³/mol. The number of ether oxygens (including phenoxy) is 1. The van der Waals surface area contributed by atoms with Crippen LogP contribution in [0.2, 0.25) is 0 Å². The molecule has 0 saturated carbocycles. The van der Waals surface area contributed by atoms with Gasteiger partial charge >= 0.3 is 0 Å². The van der Waals surface area contributed by atoms with E-state index >= 15 is 0 Å². The van der Waals surface area contributed by atoms with Gasteiger partial charge in [-0.25, -0.2) is 0 Å². The van der Waals surface area contributed by atoms with Gasteiger partial charge in [-0.05, 0) is 21.0 Å². The van der Waals surface area contributed by atoms with Gasteiger partial charge in [-0.1, -0.05) is 0 Å². The zero-order valence-electron chi connectivity index (χ0n) is 7.20. The van der Waals surface area contributed by atoms with Gasteiger partial charge in [0, 0.05) is 0 Å². The van der Waals surface area contributed by atoms with Crippen LogP contribution in [-0.2, 0) is 9.53 Å². The molecule has 64 valence electrons. The lowest BCUT2D eigenvalue weighted by Gasteiger charge is -2.28. The van der Waals surface area contributed by atoms with Crippen LogP contribution in [0.1, 0.15) is 6.92 Å². The van der Waals surface area contributed by atoms with Gasteiger partial charge in [0.25, 0.3) is 5.91 Å². The van der Waals surface area contributed by atoms with Gasteiger partial charge in [0.05, 0.1) is 6.17 Å². The third-order valence-electron chi connectivity index (χ3n) is 1.97. The molecule has 4 nitrogen and oxygen atoms in total. The summed E-state index contributed by atoms with van der Waals surface area (Å²) < 4.78 is 4.99. The molecule has 11 heavy (non-hydrogen) atoms. The number of amides is 1. The van der Waals surface area contributed by atoms with Crippen LogP contribution in [0.15, 0.2) is 0 Å². The molecule has 0 radical (unpaired) electrons. The normalized spacial score (nSPS) is 21.5. The van der Waals surface area contributed by atoms with Crippen LogP contribution in [0.25, 0.3) is 0 Å². The molecule has 1 unspecified atom stereocenters. The van der Waals surface area contributed by atoms with Crippen molar-refractivity contribution in [2.45, 2.75) is 13.1 Å². The summed E-state index contributed by atoms with van der Waals surface area (Å²) >= 11 is 0. The Morgan fingerprint density at radius 1 is 1.64 bits per heavy atom. The maximum atomic E-state index is 11.1. The minimum absolute atomic E-state index is 0.0752. The molecule has 0 spiro atoms. The summed E-state index contributed by atoms with van der Waals surface area (Å²) in [5, 5.41) is 0. The number of rotatable bonds is 2. The van der Waals surface area contributed by atoms with Crippen molar-refractivity contribution in [3.05, 3.63) is 0 Å². The Balaban J connectivity index is 2.52. The highest BCUT2D eigenvalue weighted by Crippen LogP contribution is 2.07. The Morgan fingerprint density at radius 2 is 2.27 bits per heavy atom. The molecule has 1 heterocycles. The van der Waals surface area contributed by atoms with E-state index in [4.69, 9.17) is 4.74 Å². The Morgan fingerprint density at radius 3 is 2.64 bits per heavy atom. The summed E-state index contributed by atoms with van der Waals surface area (Å²) in [6, 6.07) is 0. The van der Waals surface area contributed by atoms with Gasteiger partial charge in [-0.15, -0.1) is 0 Å².